The predicted octanol–water partition coefficient (Wildman–Crippen LogP) is 0.910. The van der Waals surface area contributed by atoms with Crippen LogP contribution in [-0.2, 0) is 4.74 Å². The SMILES string of the molecule is CC(C)(C)N1CCN(C2(CN)CCCOC2)CC1. The molecule has 4 heteroatoms. The third-order valence-corrected chi connectivity index (χ3v) is 4.58. The minimum absolute atomic E-state index is 0.113. The fourth-order valence-electron chi connectivity index (χ4n) is 3.23. The van der Waals surface area contributed by atoms with Crippen molar-refractivity contribution in [3.63, 3.8) is 0 Å². The molecule has 0 saturated carbocycles. The molecule has 2 rings (SSSR count). The van der Waals surface area contributed by atoms with Crippen LogP contribution in [0, 0.1) is 0 Å². The van der Waals surface area contributed by atoms with Gasteiger partial charge >= 0.3 is 0 Å². The van der Waals surface area contributed by atoms with Gasteiger partial charge in [-0.05, 0) is 33.6 Å². The monoisotopic (exact) mass is 255 g/mol. The smallest absolute Gasteiger partial charge is 0.0662 e. The highest BCUT2D eigenvalue weighted by atomic mass is 16.5. The van der Waals surface area contributed by atoms with Crippen LogP contribution in [0.2, 0.25) is 0 Å². The standard InChI is InChI=1S/C14H29N3O/c1-13(2,3)16-6-8-17(9-7-16)14(11-15)5-4-10-18-12-14/h4-12,15H2,1-3H3. The summed E-state index contributed by atoms with van der Waals surface area (Å²) in [7, 11) is 0. The van der Waals surface area contributed by atoms with Crippen LogP contribution in [0.15, 0.2) is 0 Å². The van der Waals surface area contributed by atoms with Gasteiger partial charge in [0.1, 0.15) is 0 Å². The van der Waals surface area contributed by atoms with E-state index in [4.69, 9.17) is 10.5 Å². The number of hydrogen-bond acceptors (Lipinski definition) is 4. The van der Waals surface area contributed by atoms with Crippen molar-refractivity contribution in [1.82, 2.24) is 9.80 Å². The Labute approximate surface area is 111 Å². The van der Waals surface area contributed by atoms with Crippen molar-refractivity contribution in [3.05, 3.63) is 0 Å². The van der Waals surface area contributed by atoms with Crippen LogP contribution in [0.1, 0.15) is 33.6 Å². The molecule has 0 aromatic carbocycles. The molecule has 0 radical (unpaired) electrons. The van der Waals surface area contributed by atoms with Gasteiger partial charge in [-0.2, -0.15) is 0 Å². The first-order chi connectivity index (χ1) is 8.48. The summed E-state index contributed by atoms with van der Waals surface area (Å²) < 4.78 is 5.69. The maximum Gasteiger partial charge on any atom is 0.0662 e. The van der Waals surface area contributed by atoms with E-state index in [2.05, 4.69) is 30.6 Å². The molecule has 0 aliphatic carbocycles. The maximum atomic E-state index is 6.05. The summed E-state index contributed by atoms with van der Waals surface area (Å²) in [5.74, 6) is 0. The Hall–Kier alpha value is -0.160. The Balaban J connectivity index is 1.95. The van der Waals surface area contributed by atoms with Crippen molar-refractivity contribution >= 4 is 0 Å². The van der Waals surface area contributed by atoms with Crippen molar-refractivity contribution in [1.29, 1.82) is 0 Å². The van der Waals surface area contributed by atoms with Gasteiger partial charge in [-0.15, -0.1) is 0 Å². The highest BCUT2D eigenvalue weighted by molar-refractivity contribution is 4.96. The fourth-order valence-corrected chi connectivity index (χ4v) is 3.23. The third-order valence-electron chi connectivity index (χ3n) is 4.58. The maximum absolute atomic E-state index is 6.05. The van der Waals surface area contributed by atoms with Crippen LogP contribution in [-0.4, -0.2) is 66.8 Å². The van der Waals surface area contributed by atoms with Gasteiger partial charge in [-0.3, -0.25) is 9.80 Å². The molecule has 2 N–H and O–H groups in total. The number of rotatable bonds is 2. The van der Waals surface area contributed by atoms with E-state index in [0.29, 0.717) is 0 Å². The Bertz CT molecular complexity index is 261. The lowest BCUT2D eigenvalue weighted by Crippen LogP contribution is -2.65. The quantitative estimate of drug-likeness (QED) is 0.796. The fraction of sp³-hybridized carbons (Fsp3) is 1.00. The molecule has 4 nitrogen and oxygen atoms in total. The molecule has 0 spiro atoms. The van der Waals surface area contributed by atoms with Crippen LogP contribution in [0.5, 0.6) is 0 Å². The van der Waals surface area contributed by atoms with Gasteiger partial charge in [0.25, 0.3) is 0 Å². The minimum Gasteiger partial charge on any atom is -0.379 e. The van der Waals surface area contributed by atoms with Gasteiger partial charge in [0.05, 0.1) is 12.1 Å². The van der Waals surface area contributed by atoms with Crippen LogP contribution >= 0.6 is 0 Å². The van der Waals surface area contributed by atoms with Crippen LogP contribution in [0.25, 0.3) is 0 Å². The molecule has 0 amide bonds. The first-order valence-corrected chi connectivity index (χ1v) is 7.26. The summed E-state index contributed by atoms with van der Waals surface area (Å²) >= 11 is 0. The van der Waals surface area contributed by atoms with Crippen molar-refractivity contribution < 1.29 is 4.74 Å². The van der Waals surface area contributed by atoms with Crippen molar-refractivity contribution in [3.8, 4) is 0 Å². The molecule has 0 aromatic rings. The van der Waals surface area contributed by atoms with Gasteiger partial charge in [0, 0.05) is 44.9 Å². The lowest BCUT2D eigenvalue weighted by molar-refractivity contribution is -0.0696. The lowest BCUT2D eigenvalue weighted by Gasteiger charge is -2.51. The molecule has 2 aliphatic heterocycles. The molecule has 18 heavy (non-hydrogen) atoms. The second kappa shape index (κ2) is 5.45. The van der Waals surface area contributed by atoms with Gasteiger partial charge in [-0.1, -0.05) is 0 Å². The number of nitrogens with zero attached hydrogens (tertiary/aromatic N) is 2. The van der Waals surface area contributed by atoms with E-state index in [9.17, 15) is 0 Å². The van der Waals surface area contributed by atoms with Crippen molar-refractivity contribution in [2.75, 3.05) is 45.9 Å². The largest absolute Gasteiger partial charge is 0.379 e. The topological polar surface area (TPSA) is 41.7 Å². The van der Waals surface area contributed by atoms with E-state index in [1.165, 1.54) is 6.42 Å². The second-order valence-corrected chi connectivity index (χ2v) is 6.73. The molecule has 2 fully saturated rings. The summed E-state index contributed by atoms with van der Waals surface area (Å²) in [5.41, 5.74) is 6.45. The average molecular weight is 255 g/mol. The third kappa shape index (κ3) is 2.87. The van der Waals surface area contributed by atoms with Crippen LogP contribution < -0.4 is 5.73 Å². The van der Waals surface area contributed by atoms with E-state index >= 15 is 0 Å². The normalized spacial score (nSPS) is 32.7. The van der Waals surface area contributed by atoms with Crippen molar-refractivity contribution in [2.24, 2.45) is 5.73 Å². The molecule has 106 valence electrons. The average Bonchev–Trinajstić information content (AvgIpc) is 2.39. The molecule has 0 bridgehead atoms. The zero-order valence-electron chi connectivity index (χ0n) is 12.2. The Morgan fingerprint density at radius 2 is 1.83 bits per heavy atom. The van der Waals surface area contributed by atoms with Crippen LogP contribution in [0.4, 0.5) is 0 Å². The number of nitrogens with two attached hydrogens (primary N) is 1. The zero-order chi connectivity index (χ0) is 13.2. The molecular weight excluding hydrogens is 226 g/mol. The van der Waals surface area contributed by atoms with Gasteiger partial charge in [0.15, 0.2) is 0 Å². The summed E-state index contributed by atoms with van der Waals surface area (Å²) in [6, 6.07) is 0. The van der Waals surface area contributed by atoms with Crippen LogP contribution in [0.3, 0.4) is 0 Å². The van der Waals surface area contributed by atoms with Gasteiger partial charge in [-0.25, -0.2) is 0 Å². The molecule has 2 aliphatic rings. The number of piperazine rings is 1. The van der Waals surface area contributed by atoms with E-state index in [1.807, 2.05) is 0 Å². The second-order valence-electron chi connectivity index (χ2n) is 6.73. The molecule has 2 heterocycles. The number of ether oxygens (including phenoxy) is 1. The molecule has 2 saturated heterocycles. The Morgan fingerprint density at radius 1 is 1.17 bits per heavy atom. The minimum atomic E-state index is 0.113. The summed E-state index contributed by atoms with van der Waals surface area (Å²) in [5, 5.41) is 0. The number of hydrogen-bond donors (Lipinski definition) is 1. The summed E-state index contributed by atoms with van der Waals surface area (Å²) in [6.07, 6.45) is 2.34. The first kappa shape index (κ1) is 14.3. The Morgan fingerprint density at radius 3 is 2.28 bits per heavy atom. The predicted molar refractivity (Wildman–Crippen MR) is 74.7 cm³/mol. The molecule has 1 atom stereocenters. The first-order valence-electron chi connectivity index (χ1n) is 7.26. The molecule has 0 aromatic heterocycles. The highest BCUT2D eigenvalue weighted by Crippen LogP contribution is 2.28. The Kier molecular flexibility index (Phi) is 4.32. The zero-order valence-corrected chi connectivity index (χ0v) is 12.2. The summed E-state index contributed by atoms with van der Waals surface area (Å²) in [6.45, 7) is 13.9. The van der Waals surface area contributed by atoms with Crippen molar-refractivity contribution in [2.45, 2.75) is 44.7 Å². The lowest BCUT2D eigenvalue weighted by atomic mass is 9.89. The highest BCUT2D eigenvalue weighted by Gasteiger charge is 2.40. The van der Waals surface area contributed by atoms with E-state index < -0.39 is 0 Å². The van der Waals surface area contributed by atoms with E-state index in [-0.39, 0.29) is 11.1 Å². The molecular formula is C14H29N3O. The van der Waals surface area contributed by atoms with Gasteiger partial charge in [0.2, 0.25) is 0 Å². The van der Waals surface area contributed by atoms with E-state index in [0.717, 1.165) is 52.4 Å². The van der Waals surface area contributed by atoms with Gasteiger partial charge < -0.3 is 10.5 Å². The molecule has 1 unspecified atom stereocenters. The van der Waals surface area contributed by atoms with E-state index in [1.54, 1.807) is 0 Å². The summed E-state index contributed by atoms with van der Waals surface area (Å²) in [4.78, 5) is 5.14.